The Morgan fingerprint density at radius 3 is 2.52 bits per heavy atom. The normalized spacial score (nSPS) is 12.5. The number of benzene rings is 2. The van der Waals surface area contributed by atoms with E-state index in [4.69, 9.17) is 23.2 Å². The quantitative estimate of drug-likeness (QED) is 0.788. The lowest BCUT2D eigenvalue weighted by Crippen LogP contribution is -2.24. The van der Waals surface area contributed by atoms with Crippen molar-refractivity contribution in [3.8, 4) is 0 Å². The van der Waals surface area contributed by atoms with Crippen LogP contribution in [0.1, 0.15) is 35.2 Å². The summed E-state index contributed by atoms with van der Waals surface area (Å²) >= 11 is 12.4. The number of aryl methyl sites for hydroxylation is 2. The van der Waals surface area contributed by atoms with Gasteiger partial charge in [-0.3, -0.25) is 0 Å². The van der Waals surface area contributed by atoms with Gasteiger partial charge in [-0.15, -0.1) is 0 Å². The first kappa shape index (κ1) is 16.3. The van der Waals surface area contributed by atoms with Crippen LogP contribution in [-0.4, -0.2) is 6.54 Å². The predicted molar refractivity (Wildman–Crippen MR) is 87.9 cm³/mol. The Bertz CT molecular complexity index is 632. The van der Waals surface area contributed by atoms with Crippen LogP contribution >= 0.6 is 23.2 Å². The van der Waals surface area contributed by atoms with Gasteiger partial charge in [-0.05, 0) is 49.2 Å². The molecule has 0 aliphatic rings. The summed E-state index contributed by atoms with van der Waals surface area (Å²) in [4.78, 5) is 0. The Labute approximate surface area is 135 Å². The summed E-state index contributed by atoms with van der Waals surface area (Å²) in [6, 6.07) is 8.64. The van der Waals surface area contributed by atoms with Crippen LogP contribution in [-0.2, 0) is 0 Å². The van der Waals surface area contributed by atoms with Crippen molar-refractivity contribution in [2.45, 2.75) is 26.8 Å². The molecule has 0 aromatic heterocycles. The van der Waals surface area contributed by atoms with Gasteiger partial charge in [-0.2, -0.15) is 0 Å². The van der Waals surface area contributed by atoms with Crippen molar-refractivity contribution in [1.29, 1.82) is 0 Å². The van der Waals surface area contributed by atoms with E-state index in [0.29, 0.717) is 22.2 Å². The summed E-state index contributed by atoms with van der Waals surface area (Å²) in [5.74, 6) is -0.227. The van der Waals surface area contributed by atoms with Gasteiger partial charge in [-0.1, -0.05) is 48.3 Å². The van der Waals surface area contributed by atoms with Crippen LogP contribution in [0.2, 0.25) is 10.0 Å². The number of hydrogen-bond acceptors (Lipinski definition) is 1. The topological polar surface area (TPSA) is 12.0 Å². The maximum absolute atomic E-state index is 14.5. The largest absolute Gasteiger partial charge is 0.306 e. The van der Waals surface area contributed by atoms with Gasteiger partial charge in [0.25, 0.3) is 0 Å². The van der Waals surface area contributed by atoms with Crippen molar-refractivity contribution in [2.24, 2.45) is 0 Å². The summed E-state index contributed by atoms with van der Waals surface area (Å²) in [5.41, 5.74) is 3.21. The van der Waals surface area contributed by atoms with Gasteiger partial charge in [0.2, 0.25) is 0 Å². The van der Waals surface area contributed by atoms with E-state index in [1.165, 1.54) is 0 Å². The Morgan fingerprint density at radius 1 is 1.19 bits per heavy atom. The van der Waals surface area contributed by atoms with E-state index in [2.05, 4.69) is 5.32 Å². The number of hydrogen-bond donors (Lipinski definition) is 1. The van der Waals surface area contributed by atoms with Crippen molar-refractivity contribution in [3.05, 3.63) is 68.4 Å². The minimum absolute atomic E-state index is 0.227. The zero-order chi connectivity index (χ0) is 15.6. The monoisotopic (exact) mass is 325 g/mol. The molecule has 0 heterocycles. The van der Waals surface area contributed by atoms with E-state index in [9.17, 15) is 4.39 Å². The van der Waals surface area contributed by atoms with Gasteiger partial charge < -0.3 is 5.32 Å². The lowest BCUT2D eigenvalue weighted by molar-refractivity contribution is 0.555. The standard InChI is InChI=1S/C17H18Cl2FN/c1-4-21-17(12-6-5-7-13(18)16(12)19)15-11(3)8-10(2)9-14(15)20/h5-9,17,21H,4H2,1-3H3. The Hall–Kier alpha value is -1.09. The molecule has 1 unspecified atom stereocenters. The van der Waals surface area contributed by atoms with Gasteiger partial charge in [0.1, 0.15) is 5.82 Å². The third kappa shape index (κ3) is 3.39. The SMILES string of the molecule is CCNC(c1cccc(Cl)c1Cl)c1c(C)cc(C)cc1F. The van der Waals surface area contributed by atoms with Crippen LogP contribution < -0.4 is 5.32 Å². The molecule has 21 heavy (non-hydrogen) atoms. The molecule has 0 fully saturated rings. The highest BCUT2D eigenvalue weighted by Gasteiger charge is 2.22. The van der Waals surface area contributed by atoms with Crippen LogP contribution in [0.25, 0.3) is 0 Å². The van der Waals surface area contributed by atoms with Crippen molar-refractivity contribution in [3.63, 3.8) is 0 Å². The molecule has 1 atom stereocenters. The summed E-state index contributed by atoms with van der Waals surface area (Å²) < 4.78 is 14.5. The smallest absolute Gasteiger partial charge is 0.128 e. The van der Waals surface area contributed by atoms with Crippen LogP contribution in [0.3, 0.4) is 0 Å². The van der Waals surface area contributed by atoms with E-state index in [1.54, 1.807) is 12.1 Å². The molecule has 1 N–H and O–H groups in total. The van der Waals surface area contributed by atoms with Crippen LogP contribution in [0.5, 0.6) is 0 Å². The molecule has 2 aromatic rings. The Morgan fingerprint density at radius 2 is 1.90 bits per heavy atom. The molecule has 2 aromatic carbocycles. The van der Waals surface area contributed by atoms with Crippen molar-refractivity contribution in [2.75, 3.05) is 6.54 Å². The number of rotatable bonds is 4. The van der Waals surface area contributed by atoms with Gasteiger partial charge in [-0.25, -0.2) is 4.39 Å². The summed E-state index contributed by atoms with van der Waals surface area (Å²) in [6.45, 7) is 6.47. The van der Waals surface area contributed by atoms with Crippen LogP contribution in [0.4, 0.5) is 4.39 Å². The fraction of sp³-hybridized carbons (Fsp3) is 0.294. The van der Waals surface area contributed by atoms with Crippen molar-refractivity contribution < 1.29 is 4.39 Å². The highest BCUT2D eigenvalue weighted by Crippen LogP contribution is 2.35. The van der Waals surface area contributed by atoms with Gasteiger partial charge in [0.05, 0.1) is 16.1 Å². The molecule has 0 aliphatic carbocycles. The van der Waals surface area contributed by atoms with Crippen molar-refractivity contribution >= 4 is 23.2 Å². The second kappa shape index (κ2) is 6.78. The van der Waals surface area contributed by atoms with Gasteiger partial charge in [0, 0.05) is 5.56 Å². The molecule has 4 heteroatoms. The molecular formula is C17H18Cl2FN. The molecule has 1 nitrogen and oxygen atoms in total. The van der Waals surface area contributed by atoms with Crippen LogP contribution in [0, 0.1) is 19.7 Å². The highest BCUT2D eigenvalue weighted by molar-refractivity contribution is 6.42. The first-order chi connectivity index (χ1) is 9.95. The van der Waals surface area contributed by atoms with Gasteiger partial charge in [0.15, 0.2) is 0 Å². The minimum atomic E-state index is -0.318. The van der Waals surface area contributed by atoms with E-state index < -0.39 is 0 Å². The first-order valence-corrected chi connectivity index (χ1v) is 7.65. The van der Waals surface area contributed by atoms with Gasteiger partial charge >= 0.3 is 0 Å². The van der Waals surface area contributed by atoms with E-state index in [1.807, 2.05) is 39.0 Å². The zero-order valence-electron chi connectivity index (χ0n) is 12.3. The molecule has 0 spiro atoms. The molecule has 0 aliphatic heterocycles. The third-order valence-electron chi connectivity index (χ3n) is 3.47. The van der Waals surface area contributed by atoms with Crippen molar-refractivity contribution in [1.82, 2.24) is 5.32 Å². The average Bonchev–Trinajstić information content (AvgIpc) is 2.40. The molecule has 0 bridgehead atoms. The zero-order valence-corrected chi connectivity index (χ0v) is 13.8. The van der Waals surface area contributed by atoms with E-state index >= 15 is 0 Å². The summed E-state index contributed by atoms with van der Waals surface area (Å²) in [7, 11) is 0. The lowest BCUT2D eigenvalue weighted by Gasteiger charge is -2.23. The molecule has 2 rings (SSSR count). The predicted octanol–water partition coefficient (Wildman–Crippen LogP) is 5.45. The fourth-order valence-corrected chi connectivity index (χ4v) is 3.02. The lowest BCUT2D eigenvalue weighted by atomic mass is 9.93. The molecule has 0 saturated carbocycles. The molecule has 112 valence electrons. The highest BCUT2D eigenvalue weighted by atomic mass is 35.5. The third-order valence-corrected chi connectivity index (χ3v) is 4.30. The van der Waals surface area contributed by atoms with Crippen LogP contribution in [0.15, 0.2) is 30.3 Å². The maximum Gasteiger partial charge on any atom is 0.128 e. The average molecular weight is 326 g/mol. The minimum Gasteiger partial charge on any atom is -0.306 e. The summed E-state index contributed by atoms with van der Waals surface area (Å²) in [5, 5.41) is 4.24. The first-order valence-electron chi connectivity index (χ1n) is 6.89. The van der Waals surface area contributed by atoms with E-state index in [-0.39, 0.29) is 11.9 Å². The number of nitrogens with one attached hydrogen (secondary N) is 1. The molecule has 0 amide bonds. The molecular weight excluding hydrogens is 308 g/mol. The molecule has 0 radical (unpaired) electrons. The molecule has 0 saturated heterocycles. The second-order valence-electron chi connectivity index (χ2n) is 5.11. The second-order valence-corrected chi connectivity index (χ2v) is 5.90. The number of halogens is 3. The Balaban J connectivity index is 2.62. The Kier molecular flexibility index (Phi) is 5.26. The van der Waals surface area contributed by atoms with E-state index in [0.717, 1.165) is 16.7 Å². The summed E-state index contributed by atoms with van der Waals surface area (Å²) in [6.07, 6.45) is 0. The fourth-order valence-electron chi connectivity index (χ4n) is 2.61. The maximum atomic E-state index is 14.5.